The highest BCUT2D eigenvalue weighted by molar-refractivity contribution is 7.52. The van der Waals surface area contributed by atoms with Crippen molar-refractivity contribution in [1.29, 1.82) is 0 Å². The van der Waals surface area contributed by atoms with Gasteiger partial charge in [0, 0.05) is 12.1 Å². The third-order valence-electron chi connectivity index (χ3n) is 3.42. The molecule has 0 amide bonds. The van der Waals surface area contributed by atoms with Gasteiger partial charge in [0.05, 0.1) is 18.6 Å². The Kier molecular flexibility index (Phi) is 7.06. The molecule has 1 unspecified atom stereocenters. The van der Waals surface area contributed by atoms with Crippen molar-refractivity contribution >= 4 is 19.4 Å². The van der Waals surface area contributed by atoms with Crippen LogP contribution in [0.25, 0.3) is 0 Å². The molecular weight excluding hydrogens is 375 g/mol. The summed E-state index contributed by atoms with van der Waals surface area (Å²) in [6.07, 6.45) is 0. The summed E-state index contributed by atoms with van der Waals surface area (Å²) in [4.78, 5) is 21.8. The minimum absolute atomic E-state index is 0.0357. The fraction of sp³-hybridized carbons (Fsp3) is 0.235. The van der Waals surface area contributed by atoms with Crippen molar-refractivity contribution in [2.24, 2.45) is 0 Å². The molecule has 2 aromatic carbocycles. The van der Waals surface area contributed by atoms with Gasteiger partial charge in [-0.2, -0.15) is 5.09 Å². The maximum atomic E-state index is 13.1. The Balaban J connectivity index is 2.18. The maximum Gasteiger partial charge on any atom is 0.459 e. The first-order valence-corrected chi connectivity index (χ1v) is 9.45. The lowest BCUT2D eigenvalue weighted by Gasteiger charge is -2.22. The van der Waals surface area contributed by atoms with E-state index in [-0.39, 0.29) is 18.0 Å². The van der Waals surface area contributed by atoms with Gasteiger partial charge >= 0.3 is 13.7 Å². The molecule has 0 aromatic heterocycles. The fourth-order valence-electron chi connectivity index (χ4n) is 2.06. The molecule has 0 spiro atoms. The van der Waals surface area contributed by atoms with E-state index in [9.17, 15) is 19.5 Å². The molecule has 2 aromatic rings. The second kappa shape index (κ2) is 9.27. The number of methoxy groups -OCH3 is 1. The third-order valence-corrected chi connectivity index (χ3v) is 5.05. The van der Waals surface area contributed by atoms with Crippen LogP contribution < -0.4 is 9.61 Å². The zero-order valence-electron chi connectivity index (χ0n) is 14.7. The average Bonchev–Trinajstić information content (AvgIpc) is 2.67. The highest BCUT2D eigenvalue weighted by Crippen LogP contribution is 2.46. The minimum atomic E-state index is -3.99. The lowest BCUT2D eigenvalue weighted by molar-refractivity contribution is -0.384. The molecule has 0 aliphatic rings. The van der Waals surface area contributed by atoms with Crippen molar-refractivity contribution in [1.82, 2.24) is 5.09 Å². The van der Waals surface area contributed by atoms with E-state index >= 15 is 0 Å². The van der Waals surface area contributed by atoms with Gasteiger partial charge in [0.15, 0.2) is 0 Å². The number of carbonyl (C=O) groups excluding carboxylic acids is 1. The molecule has 0 heterocycles. The van der Waals surface area contributed by atoms with Crippen LogP contribution in [-0.4, -0.2) is 24.0 Å². The molecule has 144 valence electrons. The number of non-ortho nitro benzene ring substituents is 1. The Morgan fingerprint density at radius 1 is 1.19 bits per heavy atom. The van der Waals surface area contributed by atoms with Crippen LogP contribution in [-0.2, 0) is 25.2 Å². The van der Waals surface area contributed by atoms with E-state index in [1.807, 2.05) is 6.07 Å². The summed E-state index contributed by atoms with van der Waals surface area (Å²) in [5.41, 5.74) is 0.607. The highest BCUT2D eigenvalue weighted by Gasteiger charge is 2.32. The van der Waals surface area contributed by atoms with Gasteiger partial charge in [-0.15, -0.1) is 0 Å². The van der Waals surface area contributed by atoms with Gasteiger partial charge in [0.25, 0.3) is 5.69 Å². The zero-order valence-corrected chi connectivity index (χ0v) is 15.6. The summed E-state index contributed by atoms with van der Waals surface area (Å²) in [5, 5.41) is 13.2. The molecule has 10 heteroatoms. The SMILES string of the molecule is COC(=O)[C@H](C)NP(=O)(OCc1ccccc1)Oc1ccc([N+](=O)[O-])cc1. The lowest BCUT2D eigenvalue weighted by Crippen LogP contribution is -2.34. The number of rotatable bonds is 9. The molecule has 0 saturated heterocycles. The predicted molar refractivity (Wildman–Crippen MR) is 97.2 cm³/mol. The number of nitrogens with one attached hydrogen (secondary N) is 1. The van der Waals surface area contributed by atoms with Gasteiger partial charge in [-0.05, 0) is 24.6 Å². The van der Waals surface area contributed by atoms with Crippen molar-refractivity contribution < 1.29 is 28.1 Å². The van der Waals surface area contributed by atoms with Crippen molar-refractivity contribution in [2.75, 3.05) is 7.11 Å². The molecule has 0 bridgehead atoms. The van der Waals surface area contributed by atoms with Crippen molar-refractivity contribution in [3.05, 3.63) is 70.3 Å². The van der Waals surface area contributed by atoms with E-state index in [1.54, 1.807) is 24.3 Å². The predicted octanol–water partition coefficient (Wildman–Crippen LogP) is 3.45. The number of nitrogens with zero attached hydrogens (tertiary/aromatic N) is 1. The normalized spacial score (nSPS) is 14.0. The molecule has 0 aliphatic carbocycles. The first-order chi connectivity index (χ1) is 12.8. The van der Waals surface area contributed by atoms with Gasteiger partial charge in [-0.25, -0.2) is 4.57 Å². The van der Waals surface area contributed by atoms with E-state index in [1.165, 1.54) is 38.3 Å². The maximum absolute atomic E-state index is 13.1. The first-order valence-electron chi connectivity index (χ1n) is 7.91. The summed E-state index contributed by atoms with van der Waals surface area (Å²) >= 11 is 0. The van der Waals surface area contributed by atoms with E-state index in [4.69, 9.17) is 9.05 Å². The molecule has 0 fully saturated rings. The Morgan fingerprint density at radius 3 is 2.37 bits per heavy atom. The summed E-state index contributed by atoms with van der Waals surface area (Å²) in [7, 11) is -2.79. The molecular formula is C17H19N2O7P. The number of nitro benzene ring substituents is 1. The molecule has 0 aliphatic heterocycles. The minimum Gasteiger partial charge on any atom is -0.468 e. The van der Waals surface area contributed by atoms with Crippen molar-refractivity contribution in [2.45, 2.75) is 19.6 Å². The number of esters is 1. The number of carbonyl (C=O) groups is 1. The van der Waals surface area contributed by atoms with Crippen LogP contribution in [0.1, 0.15) is 12.5 Å². The van der Waals surface area contributed by atoms with Crippen LogP contribution in [0.2, 0.25) is 0 Å². The van der Waals surface area contributed by atoms with Gasteiger partial charge in [-0.3, -0.25) is 19.4 Å². The van der Waals surface area contributed by atoms with E-state index in [0.29, 0.717) is 0 Å². The molecule has 2 rings (SSSR count). The topological polar surface area (TPSA) is 117 Å². The average molecular weight is 394 g/mol. The van der Waals surface area contributed by atoms with Crippen LogP contribution >= 0.6 is 7.75 Å². The number of benzene rings is 2. The smallest absolute Gasteiger partial charge is 0.459 e. The Labute approximate surface area is 156 Å². The second-order valence-corrected chi connectivity index (χ2v) is 7.17. The number of ether oxygens (including phenoxy) is 1. The van der Waals surface area contributed by atoms with Crippen molar-refractivity contribution in [3.63, 3.8) is 0 Å². The second-order valence-electron chi connectivity index (χ2n) is 5.47. The standard InChI is InChI=1S/C17H19N2O7P/c1-13(17(20)24-2)18-27(23,25-12-14-6-4-3-5-7-14)26-16-10-8-15(9-11-16)19(21)22/h3-11,13H,12H2,1-2H3,(H,18,23)/t13-,27?/m0/s1. The van der Waals surface area contributed by atoms with Crippen LogP contribution in [0.15, 0.2) is 54.6 Å². The highest BCUT2D eigenvalue weighted by atomic mass is 31.2. The Bertz CT molecular complexity index is 827. The molecule has 0 saturated carbocycles. The monoisotopic (exact) mass is 394 g/mol. The Morgan fingerprint density at radius 2 is 1.81 bits per heavy atom. The molecule has 1 N–H and O–H groups in total. The van der Waals surface area contributed by atoms with E-state index in [2.05, 4.69) is 9.82 Å². The van der Waals surface area contributed by atoms with Crippen LogP contribution in [0.4, 0.5) is 5.69 Å². The summed E-state index contributed by atoms with van der Waals surface area (Å²) in [6.45, 7) is 1.41. The van der Waals surface area contributed by atoms with E-state index in [0.717, 1.165) is 5.56 Å². The van der Waals surface area contributed by atoms with Crippen LogP contribution in [0, 0.1) is 10.1 Å². The fourth-order valence-corrected chi connectivity index (χ4v) is 3.54. The number of hydrogen-bond donors (Lipinski definition) is 1. The quantitative estimate of drug-likeness (QED) is 0.297. The molecule has 0 radical (unpaired) electrons. The summed E-state index contributed by atoms with van der Waals surface area (Å²) in [5.74, 6) is -0.563. The van der Waals surface area contributed by atoms with Gasteiger partial charge in [-0.1, -0.05) is 30.3 Å². The van der Waals surface area contributed by atoms with Crippen LogP contribution in [0.3, 0.4) is 0 Å². The van der Waals surface area contributed by atoms with Crippen LogP contribution in [0.5, 0.6) is 5.75 Å². The summed E-state index contributed by atoms with van der Waals surface area (Å²) in [6, 6.07) is 13.0. The Hall–Kier alpha value is -2.74. The number of nitro groups is 1. The molecule has 9 nitrogen and oxygen atoms in total. The first kappa shape index (κ1) is 20.6. The largest absolute Gasteiger partial charge is 0.468 e. The zero-order chi connectivity index (χ0) is 19.9. The van der Waals surface area contributed by atoms with Crippen molar-refractivity contribution in [3.8, 4) is 5.75 Å². The number of hydrogen-bond acceptors (Lipinski definition) is 7. The van der Waals surface area contributed by atoms with E-state index < -0.39 is 24.7 Å². The van der Waals surface area contributed by atoms with Gasteiger partial charge < -0.3 is 9.26 Å². The third kappa shape index (κ3) is 6.18. The lowest BCUT2D eigenvalue weighted by atomic mass is 10.2. The summed E-state index contributed by atoms with van der Waals surface area (Å²) < 4.78 is 28.6. The molecule has 2 atom stereocenters. The molecule has 27 heavy (non-hydrogen) atoms. The van der Waals surface area contributed by atoms with Gasteiger partial charge in [0.2, 0.25) is 0 Å². The van der Waals surface area contributed by atoms with Gasteiger partial charge in [0.1, 0.15) is 11.8 Å².